The smallest absolute Gasteiger partial charge is 0.326 e. The molecule has 0 fully saturated rings. The molecule has 0 aliphatic carbocycles. The summed E-state index contributed by atoms with van der Waals surface area (Å²) in [5.74, 6) is -3.00. The van der Waals surface area contributed by atoms with E-state index in [1.807, 2.05) is 35.6 Å². The summed E-state index contributed by atoms with van der Waals surface area (Å²) in [5, 5.41) is 18.3. The zero-order valence-electron chi connectivity index (χ0n) is 13.0. The van der Waals surface area contributed by atoms with Crippen LogP contribution in [0.1, 0.15) is 12.0 Å². The second kappa shape index (κ2) is 11.6. The Balaban J connectivity index is 0.000000449. The van der Waals surface area contributed by atoms with Crippen molar-refractivity contribution in [2.75, 3.05) is 7.11 Å². The molecule has 0 unspecified atom stereocenters. The number of nitrogens with one attached hydrogen (secondary N) is 1. The lowest BCUT2D eigenvalue weighted by atomic mass is 10.1. The molecule has 1 rings (SSSR count). The summed E-state index contributed by atoms with van der Waals surface area (Å²) in [6.07, 6.45) is 0.0588. The summed E-state index contributed by atoms with van der Waals surface area (Å²) < 4.78 is 4.52. The van der Waals surface area contributed by atoms with E-state index in [-0.39, 0.29) is 12.4 Å². The number of carbonyl (C=O) groups excluding carboxylic acids is 2. The number of nitrogens with two attached hydrogens (primary N) is 1. The number of hydrogen-bond donors (Lipinski definition) is 4. The van der Waals surface area contributed by atoms with Gasteiger partial charge in [0.15, 0.2) is 0 Å². The fourth-order valence-corrected chi connectivity index (χ4v) is 1.58. The summed E-state index contributed by atoms with van der Waals surface area (Å²) in [7, 11) is 1.34. The van der Waals surface area contributed by atoms with E-state index in [1.54, 1.807) is 0 Å². The summed E-state index contributed by atoms with van der Waals surface area (Å²) in [4.78, 5) is 40.8. The summed E-state index contributed by atoms with van der Waals surface area (Å²) in [6.45, 7) is 0. The number of methoxy groups -OCH3 is 1. The molecule has 1 aromatic carbocycles. The van der Waals surface area contributed by atoms with Crippen molar-refractivity contribution in [3.05, 3.63) is 35.9 Å². The summed E-state index contributed by atoms with van der Waals surface area (Å²) >= 11 is 0. The molecule has 0 bridgehead atoms. The number of amides is 1. The lowest BCUT2D eigenvalue weighted by Gasteiger charge is -2.08. The fourth-order valence-electron chi connectivity index (χ4n) is 1.58. The van der Waals surface area contributed by atoms with Gasteiger partial charge in [-0.25, -0.2) is 4.79 Å². The van der Waals surface area contributed by atoms with Gasteiger partial charge in [-0.15, -0.1) is 0 Å². The van der Waals surface area contributed by atoms with Crippen molar-refractivity contribution in [2.45, 2.75) is 24.9 Å². The van der Waals surface area contributed by atoms with Crippen molar-refractivity contribution in [2.24, 2.45) is 5.73 Å². The van der Waals surface area contributed by atoms with E-state index in [2.05, 4.69) is 4.74 Å². The van der Waals surface area contributed by atoms with Crippen LogP contribution in [0.4, 0.5) is 0 Å². The van der Waals surface area contributed by atoms with Gasteiger partial charge in [-0.2, -0.15) is 0 Å². The van der Waals surface area contributed by atoms with Gasteiger partial charge in [0.1, 0.15) is 12.1 Å². The second-order valence-corrected chi connectivity index (χ2v) is 4.59. The van der Waals surface area contributed by atoms with E-state index in [0.717, 1.165) is 5.56 Å². The molecule has 5 N–H and O–H groups in total. The minimum atomic E-state index is -1.36. The molecule has 0 radical (unpaired) electrons. The number of carboxylic acids is 2. The number of esters is 1. The zero-order chi connectivity index (χ0) is 18.5. The van der Waals surface area contributed by atoms with Gasteiger partial charge < -0.3 is 26.0 Å². The van der Waals surface area contributed by atoms with Crippen LogP contribution >= 0.6 is 0 Å². The van der Waals surface area contributed by atoms with Gasteiger partial charge in [0.2, 0.25) is 6.41 Å². The Morgan fingerprint density at radius 2 is 1.83 bits per heavy atom. The third-order valence-corrected chi connectivity index (χ3v) is 2.75. The molecule has 0 aromatic heterocycles. The van der Waals surface area contributed by atoms with Crippen molar-refractivity contribution >= 4 is 24.3 Å². The fraction of sp³-hybridized carbons (Fsp3) is 0.333. The van der Waals surface area contributed by atoms with E-state index in [1.165, 1.54) is 7.11 Å². The first-order valence-corrected chi connectivity index (χ1v) is 6.83. The predicted molar refractivity (Wildman–Crippen MR) is 83.0 cm³/mol. The average molecular weight is 340 g/mol. The number of hydrogen-bond acceptors (Lipinski definition) is 6. The molecule has 0 heterocycles. The highest BCUT2D eigenvalue weighted by molar-refractivity contribution is 5.82. The third-order valence-electron chi connectivity index (χ3n) is 2.75. The predicted octanol–water partition coefficient (Wildman–Crippen LogP) is -0.610. The van der Waals surface area contributed by atoms with Crippen LogP contribution in [0.3, 0.4) is 0 Å². The minimum absolute atomic E-state index is 0.154. The monoisotopic (exact) mass is 340 g/mol. The standard InChI is InChI=1S/C10H13NO2.C5H7NO5/c1-13-10(12)9(11)7-8-5-3-2-4-6-8;7-2-6-3(5(10)11)1-4(8)9/h2-6,9H,7,11H2,1H3;2-3H,1H2,(H,6,7)(H,8,9)(H,10,11)/t9-;3-/m00/s1. The van der Waals surface area contributed by atoms with Crippen LogP contribution in [-0.2, 0) is 30.3 Å². The van der Waals surface area contributed by atoms with E-state index in [4.69, 9.17) is 15.9 Å². The molecule has 1 aromatic rings. The number of ether oxygens (including phenoxy) is 1. The zero-order valence-corrected chi connectivity index (χ0v) is 13.0. The molecule has 0 saturated carbocycles. The number of carboxylic acid groups (broad SMARTS) is 2. The maximum Gasteiger partial charge on any atom is 0.326 e. The van der Waals surface area contributed by atoms with Crippen LogP contribution in [0.15, 0.2) is 30.3 Å². The highest BCUT2D eigenvalue weighted by atomic mass is 16.5. The molecule has 9 nitrogen and oxygen atoms in total. The lowest BCUT2D eigenvalue weighted by Crippen LogP contribution is -2.37. The normalized spacial score (nSPS) is 11.9. The molecular weight excluding hydrogens is 320 g/mol. The largest absolute Gasteiger partial charge is 0.481 e. The average Bonchev–Trinajstić information content (AvgIpc) is 2.54. The topological polar surface area (TPSA) is 156 Å². The van der Waals surface area contributed by atoms with Gasteiger partial charge in [0.25, 0.3) is 0 Å². The summed E-state index contributed by atoms with van der Waals surface area (Å²) in [5.41, 5.74) is 6.63. The molecule has 2 atom stereocenters. The number of aliphatic carboxylic acids is 2. The van der Waals surface area contributed by atoms with Crippen LogP contribution in [-0.4, -0.2) is 53.7 Å². The van der Waals surface area contributed by atoms with Gasteiger partial charge in [0, 0.05) is 0 Å². The maximum atomic E-state index is 11.0. The van der Waals surface area contributed by atoms with E-state index >= 15 is 0 Å². The molecule has 132 valence electrons. The van der Waals surface area contributed by atoms with Crippen LogP contribution in [0.5, 0.6) is 0 Å². The van der Waals surface area contributed by atoms with Crippen molar-refractivity contribution in [3.63, 3.8) is 0 Å². The Hall–Kier alpha value is -2.94. The molecule has 1 amide bonds. The molecule has 24 heavy (non-hydrogen) atoms. The van der Waals surface area contributed by atoms with Gasteiger partial charge in [-0.3, -0.25) is 14.4 Å². The van der Waals surface area contributed by atoms with Crippen LogP contribution in [0.25, 0.3) is 0 Å². The van der Waals surface area contributed by atoms with Crippen molar-refractivity contribution in [1.82, 2.24) is 5.32 Å². The molecular formula is C15H20N2O7. The first kappa shape index (κ1) is 21.1. The van der Waals surface area contributed by atoms with Crippen LogP contribution in [0, 0.1) is 0 Å². The number of rotatable bonds is 8. The Bertz CT molecular complexity index is 548. The minimum Gasteiger partial charge on any atom is -0.481 e. The highest BCUT2D eigenvalue weighted by Crippen LogP contribution is 2.02. The Labute approximate surface area is 138 Å². The first-order chi connectivity index (χ1) is 11.3. The molecule has 9 heteroatoms. The van der Waals surface area contributed by atoms with Crippen LogP contribution < -0.4 is 11.1 Å². The van der Waals surface area contributed by atoms with E-state index < -0.39 is 30.4 Å². The maximum absolute atomic E-state index is 11.0. The molecule has 0 spiro atoms. The van der Waals surface area contributed by atoms with Gasteiger partial charge >= 0.3 is 17.9 Å². The summed E-state index contributed by atoms with van der Waals surface area (Å²) in [6, 6.07) is 7.72. The van der Waals surface area contributed by atoms with Gasteiger partial charge in [0.05, 0.1) is 13.5 Å². The van der Waals surface area contributed by atoms with Crippen LogP contribution in [0.2, 0.25) is 0 Å². The first-order valence-electron chi connectivity index (χ1n) is 6.83. The van der Waals surface area contributed by atoms with Gasteiger partial charge in [-0.1, -0.05) is 30.3 Å². The number of benzene rings is 1. The van der Waals surface area contributed by atoms with Crippen molar-refractivity contribution in [3.8, 4) is 0 Å². The van der Waals surface area contributed by atoms with Crippen molar-refractivity contribution in [1.29, 1.82) is 0 Å². The lowest BCUT2D eigenvalue weighted by molar-refractivity contribution is -0.146. The quantitative estimate of drug-likeness (QED) is 0.361. The molecule has 0 aliphatic heterocycles. The number of carbonyl (C=O) groups is 4. The van der Waals surface area contributed by atoms with Gasteiger partial charge in [-0.05, 0) is 12.0 Å². The Morgan fingerprint density at radius 3 is 2.25 bits per heavy atom. The Morgan fingerprint density at radius 1 is 1.25 bits per heavy atom. The van der Waals surface area contributed by atoms with Crippen molar-refractivity contribution < 1.29 is 34.1 Å². The van der Waals surface area contributed by atoms with E-state index in [9.17, 15) is 19.2 Å². The molecule has 0 saturated heterocycles. The SMILES string of the molecule is COC(=O)[C@@H](N)Cc1ccccc1.O=CN[C@@H](CC(=O)O)C(=O)O. The van der Waals surface area contributed by atoms with E-state index in [0.29, 0.717) is 6.42 Å². The third kappa shape index (κ3) is 9.15. The second-order valence-electron chi connectivity index (χ2n) is 4.59. The molecule has 0 aliphatic rings. The Kier molecular flexibility index (Phi) is 10.2. The highest BCUT2D eigenvalue weighted by Gasteiger charge is 2.19.